The highest BCUT2D eigenvalue weighted by Crippen LogP contribution is 2.34. The van der Waals surface area contributed by atoms with Crippen LogP contribution in [0.15, 0.2) is 64.0 Å². The second-order valence-corrected chi connectivity index (χ2v) is 10.7. The van der Waals surface area contributed by atoms with Gasteiger partial charge in [0.05, 0.1) is 28.9 Å². The van der Waals surface area contributed by atoms with Crippen molar-refractivity contribution in [1.29, 1.82) is 0 Å². The van der Waals surface area contributed by atoms with E-state index in [0.717, 1.165) is 27.5 Å². The summed E-state index contributed by atoms with van der Waals surface area (Å²) in [5.41, 5.74) is 0.334. The molecule has 3 aliphatic rings. The predicted octanol–water partition coefficient (Wildman–Crippen LogP) is 3.91. The summed E-state index contributed by atoms with van der Waals surface area (Å²) in [5.74, 6) is -1.99. The number of ether oxygens (including phenoxy) is 1. The molecule has 2 fully saturated rings. The molecule has 10 nitrogen and oxygen atoms in total. The summed E-state index contributed by atoms with van der Waals surface area (Å²) < 4.78 is 80.6. The molecule has 0 saturated carbocycles. The zero-order valence-corrected chi connectivity index (χ0v) is 21.0. The molecule has 0 bridgehead atoms. The second kappa shape index (κ2) is 10.3. The Hall–Kier alpha value is -3.49. The lowest BCUT2D eigenvalue weighted by molar-refractivity contribution is 0.0872. The minimum absolute atomic E-state index is 0.0433. The van der Waals surface area contributed by atoms with Gasteiger partial charge in [-0.1, -0.05) is 22.8 Å². The fourth-order valence-electron chi connectivity index (χ4n) is 4.49. The lowest BCUT2D eigenvalue weighted by atomic mass is 10.0. The Labute approximate surface area is 217 Å². The van der Waals surface area contributed by atoms with Crippen molar-refractivity contribution in [1.82, 2.24) is 5.01 Å². The van der Waals surface area contributed by atoms with Crippen LogP contribution >= 0.6 is 0 Å². The molecule has 3 heterocycles. The van der Waals surface area contributed by atoms with Crippen LogP contribution in [0.1, 0.15) is 12.0 Å². The van der Waals surface area contributed by atoms with Gasteiger partial charge in [0, 0.05) is 23.7 Å². The molecule has 2 aromatic carbocycles. The number of rotatable bonds is 7. The number of alkyl halides is 1. The zero-order chi connectivity index (χ0) is 27.0. The fourth-order valence-corrected chi connectivity index (χ4v) is 5.62. The molecule has 0 spiro atoms. The van der Waals surface area contributed by atoms with Crippen LogP contribution in [0.25, 0.3) is 0 Å². The van der Waals surface area contributed by atoms with E-state index in [0.29, 0.717) is 0 Å². The van der Waals surface area contributed by atoms with Crippen LogP contribution in [0.5, 0.6) is 0 Å². The lowest BCUT2D eigenvalue weighted by Crippen LogP contribution is -2.47. The first-order valence-corrected chi connectivity index (χ1v) is 13.2. The van der Waals surface area contributed by atoms with E-state index < -0.39 is 58.5 Å². The van der Waals surface area contributed by atoms with E-state index in [4.69, 9.17) is 8.92 Å². The second-order valence-electron chi connectivity index (χ2n) is 9.15. The summed E-state index contributed by atoms with van der Waals surface area (Å²) >= 11 is 0. The van der Waals surface area contributed by atoms with Crippen LogP contribution in [-0.4, -0.2) is 59.1 Å². The highest BCUT2D eigenvalue weighted by Gasteiger charge is 2.39. The highest BCUT2D eigenvalue weighted by molar-refractivity contribution is 7.86. The van der Waals surface area contributed by atoms with E-state index in [1.165, 1.54) is 23.3 Å². The van der Waals surface area contributed by atoms with E-state index in [1.807, 2.05) is 0 Å². The first-order valence-electron chi connectivity index (χ1n) is 11.8. The van der Waals surface area contributed by atoms with Gasteiger partial charge in [-0.15, -0.1) is 0 Å². The molecule has 3 atom stereocenters. The van der Waals surface area contributed by atoms with Crippen LogP contribution in [0.4, 0.5) is 29.3 Å². The van der Waals surface area contributed by atoms with Crippen LogP contribution in [0.3, 0.4) is 0 Å². The van der Waals surface area contributed by atoms with Crippen molar-refractivity contribution in [2.24, 2.45) is 10.3 Å². The van der Waals surface area contributed by atoms with Crippen molar-refractivity contribution >= 4 is 27.6 Å². The average molecular weight is 552 g/mol. The minimum atomic E-state index is -4.21. The van der Waals surface area contributed by atoms with Gasteiger partial charge in [-0.2, -0.15) is 8.42 Å². The normalized spacial score (nSPS) is 23.9. The summed E-state index contributed by atoms with van der Waals surface area (Å²) in [4.78, 5) is 14.5. The molecular weight excluding hydrogens is 527 g/mol. The number of amides is 1. The van der Waals surface area contributed by atoms with E-state index in [1.54, 1.807) is 25.3 Å². The van der Waals surface area contributed by atoms with Crippen molar-refractivity contribution in [3.05, 3.63) is 66.0 Å². The predicted molar refractivity (Wildman–Crippen MR) is 130 cm³/mol. The molecule has 201 valence electrons. The first kappa shape index (κ1) is 26.1. The van der Waals surface area contributed by atoms with E-state index in [-0.39, 0.29) is 36.6 Å². The summed E-state index contributed by atoms with van der Waals surface area (Å²) in [6, 6.07) is 7.89. The molecule has 1 radical (unpaired) electrons. The monoisotopic (exact) mass is 551 g/mol. The summed E-state index contributed by atoms with van der Waals surface area (Å²) in [6.07, 6.45) is -1.55. The topological polar surface area (TPSA) is 107 Å². The minimum Gasteiger partial charge on any atom is -0.438 e. The van der Waals surface area contributed by atoms with Crippen LogP contribution < -0.4 is 14.8 Å². The summed E-state index contributed by atoms with van der Waals surface area (Å²) in [6.45, 7) is 1.53. The highest BCUT2D eigenvalue weighted by atomic mass is 32.2. The van der Waals surface area contributed by atoms with E-state index in [9.17, 15) is 17.6 Å². The molecule has 2 saturated heterocycles. The number of benzene rings is 2. The van der Waals surface area contributed by atoms with Crippen LogP contribution in [0.2, 0.25) is 0 Å². The van der Waals surface area contributed by atoms with Crippen molar-refractivity contribution in [2.45, 2.75) is 36.6 Å². The molecule has 2 unspecified atom stereocenters. The van der Waals surface area contributed by atoms with Gasteiger partial charge in [0.15, 0.2) is 30.5 Å². The molecule has 0 aliphatic carbocycles. The standard InChI is InChI=1S/C24H24F3N5O5S/c1-15-2-4-18(5-3-15)38(34,35)37-22-6-8-30(14-21(22)27)23-19(25)10-16(11-20(23)26)32-13-17(36-24(32)33)12-31-9-7-28-29-31/h2-5,7,9-11,17,21-22H,6,8,12-14H2,1H3/q+1/t17?,21-,22?/m0/s1. The number of piperidine rings is 1. The maximum absolute atomic E-state index is 15.1. The number of nitrogens with zero attached hydrogens (tertiary/aromatic N) is 5. The molecule has 1 amide bonds. The molecule has 5 rings (SSSR count). The Kier molecular flexibility index (Phi) is 7.11. The third kappa shape index (κ3) is 5.37. The maximum atomic E-state index is 15.1. The van der Waals surface area contributed by atoms with Gasteiger partial charge < -0.3 is 9.64 Å². The quantitative estimate of drug-likeness (QED) is 0.382. The number of hydrogen-bond donors (Lipinski definition) is 0. The average Bonchev–Trinajstić information content (AvgIpc) is 3.50. The molecular formula is C24H24F3N5O5S+. The number of aryl methyl sites for hydroxylation is 1. The first-order chi connectivity index (χ1) is 18.1. The van der Waals surface area contributed by atoms with Crippen molar-refractivity contribution < 1.29 is 35.3 Å². The van der Waals surface area contributed by atoms with Gasteiger partial charge in [-0.3, -0.25) is 9.08 Å². The van der Waals surface area contributed by atoms with Gasteiger partial charge in [0.2, 0.25) is 0 Å². The number of anilines is 2. The summed E-state index contributed by atoms with van der Waals surface area (Å²) in [7, 11) is -4.21. The Morgan fingerprint density at radius 1 is 1.16 bits per heavy atom. The van der Waals surface area contributed by atoms with Gasteiger partial charge >= 0.3 is 6.09 Å². The van der Waals surface area contributed by atoms with E-state index >= 15 is 8.78 Å². The van der Waals surface area contributed by atoms with E-state index in [2.05, 4.69) is 10.3 Å². The maximum Gasteiger partial charge on any atom is 0.414 e. The third-order valence-corrected chi connectivity index (χ3v) is 7.76. The van der Waals surface area contributed by atoms with Crippen LogP contribution in [0, 0.1) is 18.6 Å². The van der Waals surface area contributed by atoms with Crippen molar-refractivity contribution in [3.63, 3.8) is 0 Å². The number of cyclic esters (lactones) is 1. The number of carbonyl (C=O) groups excluding carboxylic acids is 1. The largest absolute Gasteiger partial charge is 0.438 e. The Morgan fingerprint density at radius 3 is 2.50 bits per heavy atom. The van der Waals surface area contributed by atoms with Crippen molar-refractivity contribution in [3.8, 4) is 0 Å². The lowest BCUT2D eigenvalue weighted by Gasteiger charge is -2.36. The van der Waals surface area contributed by atoms with Gasteiger partial charge in [0.1, 0.15) is 24.2 Å². The molecule has 3 aliphatic heterocycles. The number of halogens is 3. The smallest absolute Gasteiger partial charge is 0.414 e. The van der Waals surface area contributed by atoms with Gasteiger partial charge in [0.25, 0.3) is 10.1 Å². The van der Waals surface area contributed by atoms with Crippen molar-refractivity contribution in [2.75, 3.05) is 36.0 Å². The van der Waals surface area contributed by atoms with Gasteiger partial charge in [-0.05, 0) is 25.5 Å². The molecule has 2 aromatic rings. The molecule has 14 heteroatoms. The Balaban J connectivity index is 1.25. The molecule has 0 aromatic heterocycles. The Morgan fingerprint density at radius 2 is 1.87 bits per heavy atom. The van der Waals surface area contributed by atoms with Crippen LogP contribution in [-0.2, 0) is 19.0 Å². The number of hydrogen-bond acceptors (Lipinski definition) is 9. The SMILES string of the molecule is Cc1ccc(S(=O)(=O)OC2CCN(c3c(F)cc(N4CC(C[N+]5C=CN=N5)OC4=O)cc3F)C[C@@H]2F)cc1. The fraction of sp³-hybridized carbons (Fsp3) is 0.375. The Bertz CT molecular complexity index is 1350. The molecule has 0 N–H and O–H groups in total. The summed E-state index contributed by atoms with van der Waals surface area (Å²) in [5, 5.41) is 8.95. The van der Waals surface area contributed by atoms with Gasteiger partial charge in [-0.25, -0.2) is 18.0 Å². The number of carbonyl (C=O) groups is 1. The zero-order valence-electron chi connectivity index (χ0n) is 20.2. The molecule has 38 heavy (non-hydrogen) atoms. The third-order valence-electron chi connectivity index (χ3n) is 6.41.